The molecule has 0 saturated heterocycles. The number of hydrogen-bond donors (Lipinski definition) is 2. The van der Waals surface area contributed by atoms with E-state index in [4.69, 9.17) is 16.7 Å². The van der Waals surface area contributed by atoms with Gasteiger partial charge >= 0.3 is 5.97 Å². The third-order valence-electron chi connectivity index (χ3n) is 4.11. The van der Waals surface area contributed by atoms with Gasteiger partial charge in [0.05, 0.1) is 0 Å². The molecular formula is C16H17ClN2O4S. The summed E-state index contributed by atoms with van der Waals surface area (Å²) in [4.78, 5) is 11.1. The first-order chi connectivity index (χ1) is 11.3. The molecule has 3 rings (SSSR count). The first-order valence-corrected chi connectivity index (χ1v) is 9.31. The van der Waals surface area contributed by atoms with E-state index >= 15 is 0 Å². The van der Waals surface area contributed by atoms with E-state index < -0.39 is 16.0 Å². The zero-order valence-corrected chi connectivity index (χ0v) is 14.5. The maximum Gasteiger partial charge on any atom is 0.352 e. The molecule has 1 heterocycles. The molecule has 2 N–H and O–H groups in total. The summed E-state index contributed by atoms with van der Waals surface area (Å²) in [6.45, 7) is 0. The smallest absolute Gasteiger partial charge is 0.352 e. The molecule has 0 radical (unpaired) electrons. The number of aromatic carboxylic acids is 1. The zero-order valence-electron chi connectivity index (χ0n) is 12.9. The number of nitrogens with zero attached hydrogens (tertiary/aromatic N) is 1. The fourth-order valence-electron chi connectivity index (χ4n) is 2.67. The van der Waals surface area contributed by atoms with Gasteiger partial charge in [0.1, 0.15) is 10.6 Å². The summed E-state index contributed by atoms with van der Waals surface area (Å²) in [7, 11) is -2.33. The Hall–Kier alpha value is -1.83. The highest BCUT2D eigenvalue weighted by atomic mass is 35.5. The van der Waals surface area contributed by atoms with E-state index in [2.05, 4.69) is 4.72 Å². The lowest BCUT2D eigenvalue weighted by Crippen LogP contribution is -2.29. The molecule has 1 unspecified atom stereocenters. The zero-order chi connectivity index (χ0) is 17.5. The van der Waals surface area contributed by atoms with Crippen LogP contribution in [0.25, 0.3) is 0 Å². The van der Waals surface area contributed by atoms with Crippen LogP contribution in [0.5, 0.6) is 0 Å². The van der Waals surface area contributed by atoms with Gasteiger partial charge in [-0.05, 0) is 42.5 Å². The Balaban J connectivity index is 1.90. The molecule has 2 aromatic rings. The number of carboxylic acid groups (broad SMARTS) is 1. The van der Waals surface area contributed by atoms with Crippen molar-refractivity contribution in [2.75, 3.05) is 0 Å². The summed E-state index contributed by atoms with van der Waals surface area (Å²) in [6, 6.07) is 7.89. The minimum Gasteiger partial charge on any atom is -0.477 e. The predicted molar refractivity (Wildman–Crippen MR) is 89.6 cm³/mol. The molecule has 1 aliphatic rings. The van der Waals surface area contributed by atoms with Crippen LogP contribution in [0, 0.1) is 5.92 Å². The monoisotopic (exact) mass is 368 g/mol. The highest BCUT2D eigenvalue weighted by Crippen LogP contribution is 2.42. The Bertz CT molecular complexity index is 870. The fraction of sp³-hybridized carbons (Fsp3) is 0.312. The standard InChI is InChI=1S/C16H17ClN2O4S/c1-19-9-13(8-14(19)16(20)21)24(22,23)18-15(10-2-3-10)11-4-6-12(17)7-5-11/h4-10,15,18H,2-3H2,1H3,(H,20,21). The van der Waals surface area contributed by atoms with Crippen LogP contribution in [0.2, 0.25) is 5.02 Å². The van der Waals surface area contributed by atoms with Gasteiger partial charge in [-0.3, -0.25) is 0 Å². The Morgan fingerprint density at radius 3 is 2.46 bits per heavy atom. The number of halogens is 1. The molecule has 24 heavy (non-hydrogen) atoms. The number of rotatable bonds is 6. The summed E-state index contributed by atoms with van der Waals surface area (Å²) < 4.78 is 29.3. The maximum absolute atomic E-state index is 12.7. The van der Waals surface area contributed by atoms with Gasteiger partial charge in [0.15, 0.2) is 0 Å². The van der Waals surface area contributed by atoms with Crippen LogP contribution in [0.4, 0.5) is 0 Å². The molecule has 1 aromatic carbocycles. The predicted octanol–water partition coefficient (Wildman–Crippen LogP) is 2.81. The lowest BCUT2D eigenvalue weighted by atomic mass is 10.0. The fourth-order valence-corrected chi connectivity index (χ4v) is 4.15. The van der Waals surface area contributed by atoms with Crippen molar-refractivity contribution in [2.24, 2.45) is 13.0 Å². The van der Waals surface area contributed by atoms with Gasteiger partial charge in [0, 0.05) is 24.3 Å². The Morgan fingerprint density at radius 2 is 1.96 bits per heavy atom. The van der Waals surface area contributed by atoms with Crippen molar-refractivity contribution in [3.05, 3.63) is 52.8 Å². The highest BCUT2D eigenvalue weighted by Gasteiger charge is 2.36. The molecule has 1 fully saturated rings. The van der Waals surface area contributed by atoms with E-state index in [0.29, 0.717) is 5.02 Å². The number of aromatic nitrogens is 1. The van der Waals surface area contributed by atoms with E-state index in [9.17, 15) is 13.2 Å². The third-order valence-corrected chi connectivity index (χ3v) is 5.77. The summed E-state index contributed by atoms with van der Waals surface area (Å²) in [5.41, 5.74) is 0.768. The topological polar surface area (TPSA) is 88.4 Å². The van der Waals surface area contributed by atoms with Gasteiger partial charge in [-0.15, -0.1) is 0 Å². The summed E-state index contributed by atoms with van der Waals surface area (Å²) in [5, 5.41) is 9.67. The molecule has 1 saturated carbocycles. The molecule has 0 amide bonds. The van der Waals surface area contributed by atoms with Crippen molar-refractivity contribution in [3.8, 4) is 0 Å². The SMILES string of the molecule is Cn1cc(S(=O)(=O)NC(c2ccc(Cl)cc2)C2CC2)cc1C(=O)O. The molecule has 6 nitrogen and oxygen atoms in total. The Morgan fingerprint density at radius 1 is 1.33 bits per heavy atom. The summed E-state index contributed by atoms with van der Waals surface area (Å²) in [6.07, 6.45) is 3.20. The van der Waals surface area contributed by atoms with E-state index in [1.807, 2.05) is 12.1 Å². The van der Waals surface area contributed by atoms with Crippen molar-refractivity contribution < 1.29 is 18.3 Å². The van der Waals surface area contributed by atoms with Crippen molar-refractivity contribution in [3.63, 3.8) is 0 Å². The van der Waals surface area contributed by atoms with Crippen LogP contribution in [0.3, 0.4) is 0 Å². The molecular weight excluding hydrogens is 352 g/mol. The second-order valence-electron chi connectivity index (χ2n) is 5.97. The molecule has 1 aliphatic carbocycles. The number of sulfonamides is 1. The number of carboxylic acids is 1. The normalized spacial score (nSPS) is 16.1. The van der Waals surface area contributed by atoms with Crippen molar-refractivity contribution >= 4 is 27.6 Å². The number of nitrogens with one attached hydrogen (secondary N) is 1. The minimum absolute atomic E-state index is 0.0537. The molecule has 1 atom stereocenters. The third kappa shape index (κ3) is 3.48. The molecule has 0 bridgehead atoms. The number of aryl methyl sites for hydroxylation is 1. The molecule has 1 aromatic heterocycles. The van der Waals surface area contributed by atoms with Gasteiger partial charge in [0.2, 0.25) is 10.0 Å². The first-order valence-electron chi connectivity index (χ1n) is 7.45. The van der Waals surface area contributed by atoms with Crippen LogP contribution in [-0.2, 0) is 17.1 Å². The van der Waals surface area contributed by atoms with Gasteiger partial charge in [-0.2, -0.15) is 0 Å². The molecule has 8 heteroatoms. The lowest BCUT2D eigenvalue weighted by Gasteiger charge is -2.18. The maximum atomic E-state index is 12.7. The van der Waals surface area contributed by atoms with Crippen LogP contribution in [0.15, 0.2) is 41.4 Å². The van der Waals surface area contributed by atoms with E-state index in [0.717, 1.165) is 24.5 Å². The Kier molecular flexibility index (Phi) is 4.42. The van der Waals surface area contributed by atoms with E-state index in [1.54, 1.807) is 12.1 Å². The quantitative estimate of drug-likeness (QED) is 0.820. The highest BCUT2D eigenvalue weighted by molar-refractivity contribution is 7.89. The number of hydrogen-bond acceptors (Lipinski definition) is 3. The Labute approximate surface area is 145 Å². The molecule has 0 aliphatic heterocycles. The number of carbonyl (C=O) groups is 1. The molecule has 128 valence electrons. The van der Waals surface area contributed by atoms with Crippen molar-refractivity contribution in [1.82, 2.24) is 9.29 Å². The second-order valence-corrected chi connectivity index (χ2v) is 8.12. The van der Waals surface area contributed by atoms with Crippen LogP contribution in [-0.4, -0.2) is 24.1 Å². The average Bonchev–Trinajstić information content (AvgIpc) is 3.27. The summed E-state index contributed by atoms with van der Waals surface area (Å²) in [5.74, 6) is -0.931. The first kappa shape index (κ1) is 17.0. The average molecular weight is 369 g/mol. The summed E-state index contributed by atoms with van der Waals surface area (Å²) >= 11 is 5.89. The van der Waals surface area contributed by atoms with Gasteiger partial charge in [-0.25, -0.2) is 17.9 Å². The van der Waals surface area contributed by atoms with Gasteiger partial charge < -0.3 is 9.67 Å². The van der Waals surface area contributed by atoms with Crippen molar-refractivity contribution in [2.45, 2.75) is 23.8 Å². The van der Waals surface area contributed by atoms with Gasteiger partial charge in [0.25, 0.3) is 0 Å². The van der Waals surface area contributed by atoms with Gasteiger partial charge in [-0.1, -0.05) is 23.7 Å². The van der Waals surface area contributed by atoms with E-state index in [1.165, 1.54) is 17.8 Å². The second kappa shape index (κ2) is 6.23. The van der Waals surface area contributed by atoms with Crippen LogP contribution >= 0.6 is 11.6 Å². The van der Waals surface area contributed by atoms with Crippen LogP contribution in [0.1, 0.15) is 34.9 Å². The van der Waals surface area contributed by atoms with Crippen molar-refractivity contribution in [1.29, 1.82) is 0 Å². The molecule has 0 spiro atoms. The van der Waals surface area contributed by atoms with E-state index in [-0.39, 0.29) is 22.5 Å². The van der Waals surface area contributed by atoms with Crippen LogP contribution < -0.4 is 4.72 Å². The lowest BCUT2D eigenvalue weighted by molar-refractivity contribution is 0.0686. The largest absolute Gasteiger partial charge is 0.477 e. The number of benzene rings is 1. The minimum atomic E-state index is -3.83.